The lowest BCUT2D eigenvalue weighted by atomic mass is 10.2. The molecule has 1 aromatic carbocycles. The number of nitrogens with one attached hydrogen (secondary N) is 3. The number of hydrazine groups is 2. The molecule has 0 amide bonds. The van der Waals surface area contributed by atoms with E-state index in [-0.39, 0.29) is 0 Å². The van der Waals surface area contributed by atoms with E-state index in [9.17, 15) is 0 Å². The van der Waals surface area contributed by atoms with Gasteiger partial charge in [-0.15, -0.1) is 5.53 Å². The molecular weight excluding hydrogens is 154 g/mol. The third kappa shape index (κ3) is 1.10. The van der Waals surface area contributed by atoms with E-state index < -0.39 is 0 Å². The molecule has 0 spiro atoms. The molecule has 0 fully saturated rings. The average molecular weight is 163 g/mol. The number of para-hydroxylation sites is 1. The second kappa shape index (κ2) is 2.78. The summed E-state index contributed by atoms with van der Waals surface area (Å²) in [6.07, 6.45) is 0. The fraction of sp³-hybridized carbons (Fsp3) is 0.143. The standard InChI is InChI=1S/C7H9N5/c8-10-12-5-6-3-1-2-4-7(6)9-11-12/h1-4,8-9,11H,5H2. The quantitative estimate of drug-likeness (QED) is 0.546. The molecule has 5 heteroatoms. The molecule has 1 aliphatic rings. The highest BCUT2D eigenvalue weighted by Gasteiger charge is 2.11. The molecule has 2 rings (SSSR count). The minimum Gasteiger partial charge on any atom is -0.302 e. The molecular formula is C7H9N5. The number of anilines is 1. The van der Waals surface area contributed by atoms with Gasteiger partial charge in [-0.05, 0) is 11.6 Å². The molecule has 3 N–H and O–H groups in total. The first kappa shape index (κ1) is 7.05. The Morgan fingerprint density at radius 2 is 2.25 bits per heavy atom. The van der Waals surface area contributed by atoms with Crippen LogP contribution < -0.4 is 11.0 Å². The van der Waals surface area contributed by atoms with Gasteiger partial charge in [-0.3, -0.25) is 0 Å². The SMILES string of the molecule is N=NN1Cc2ccccc2NN1. The van der Waals surface area contributed by atoms with Crippen molar-refractivity contribution in [1.29, 1.82) is 5.53 Å². The Morgan fingerprint density at radius 3 is 3.08 bits per heavy atom. The molecule has 0 saturated heterocycles. The highest BCUT2D eigenvalue weighted by Crippen LogP contribution is 2.18. The van der Waals surface area contributed by atoms with Gasteiger partial charge in [-0.25, -0.2) is 0 Å². The lowest BCUT2D eigenvalue weighted by molar-refractivity contribution is 0.174. The molecule has 0 saturated carbocycles. The molecule has 0 aromatic heterocycles. The van der Waals surface area contributed by atoms with Crippen molar-refractivity contribution in [2.24, 2.45) is 5.22 Å². The van der Waals surface area contributed by atoms with Crippen molar-refractivity contribution in [3.8, 4) is 0 Å². The minimum atomic E-state index is 0.618. The molecule has 0 unspecified atom stereocenters. The molecule has 62 valence electrons. The van der Waals surface area contributed by atoms with Gasteiger partial charge in [0.15, 0.2) is 0 Å². The minimum absolute atomic E-state index is 0.618. The van der Waals surface area contributed by atoms with E-state index in [0.29, 0.717) is 6.54 Å². The van der Waals surface area contributed by atoms with Gasteiger partial charge in [0, 0.05) is 0 Å². The highest BCUT2D eigenvalue weighted by molar-refractivity contribution is 5.51. The van der Waals surface area contributed by atoms with Crippen molar-refractivity contribution in [3.63, 3.8) is 0 Å². The summed E-state index contributed by atoms with van der Waals surface area (Å²) in [6, 6.07) is 7.90. The lowest BCUT2D eigenvalue weighted by Gasteiger charge is -2.26. The Kier molecular flexibility index (Phi) is 1.64. The first-order valence-electron chi connectivity index (χ1n) is 3.64. The summed E-state index contributed by atoms with van der Waals surface area (Å²) in [7, 11) is 0. The molecule has 5 nitrogen and oxygen atoms in total. The predicted octanol–water partition coefficient (Wildman–Crippen LogP) is 1.28. The predicted molar refractivity (Wildman–Crippen MR) is 43.9 cm³/mol. The van der Waals surface area contributed by atoms with Gasteiger partial charge in [0.05, 0.1) is 12.2 Å². The third-order valence-corrected chi connectivity index (χ3v) is 1.78. The zero-order valence-corrected chi connectivity index (χ0v) is 6.41. The molecule has 12 heavy (non-hydrogen) atoms. The van der Waals surface area contributed by atoms with Gasteiger partial charge in [0.25, 0.3) is 0 Å². The second-order valence-electron chi connectivity index (χ2n) is 2.55. The largest absolute Gasteiger partial charge is 0.302 e. The number of rotatable bonds is 1. The van der Waals surface area contributed by atoms with Crippen molar-refractivity contribution < 1.29 is 0 Å². The fourth-order valence-electron chi connectivity index (χ4n) is 1.17. The van der Waals surface area contributed by atoms with E-state index in [1.165, 1.54) is 5.12 Å². The molecule has 0 aliphatic carbocycles. The van der Waals surface area contributed by atoms with Crippen LogP contribution >= 0.6 is 0 Å². The van der Waals surface area contributed by atoms with Crippen molar-refractivity contribution in [2.75, 3.05) is 5.43 Å². The van der Waals surface area contributed by atoms with Gasteiger partial charge in [-0.2, -0.15) is 10.6 Å². The maximum atomic E-state index is 6.79. The second-order valence-corrected chi connectivity index (χ2v) is 2.55. The number of fused-ring (bicyclic) bond motifs is 1. The van der Waals surface area contributed by atoms with E-state index in [2.05, 4.69) is 16.2 Å². The molecule has 1 aliphatic heterocycles. The number of benzene rings is 1. The normalized spacial score (nSPS) is 14.8. The Bertz CT molecular complexity index is 298. The lowest BCUT2D eigenvalue weighted by Crippen LogP contribution is -2.41. The van der Waals surface area contributed by atoms with Crippen LogP contribution in [0.1, 0.15) is 5.56 Å². The molecule has 0 radical (unpaired) electrons. The summed E-state index contributed by atoms with van der Waals surface area (Å²) in [5.41, 5.74) is 14.6. The summed E-state index contributed by atoms with van der Waals surface area (Å²) in [5, 5.41) is 4.68. The van der Waals surface area contributed by atoms with Crippen LogP contribution in [0.4, 0.5) is 5.69 Å². The van der Waals surface area contributed by atoms with Gasteiger partial charge in [0.2, 0.25) is 0 Å². The van der Waals surface area contributed by atoms with Crippen LogP contribution in [0.2, 0.25) is 0 Å². The van der Waals surface area contributed by atoms with E-state index in [1.807, 2.05) is 24.3 Å². The summed E-state index contributed by atoms with van der Waals surface area (Å²) in [5.74, 6) is 0. The summed E-state index contributed by atoms with van der Waals surface area (Å²) in [4.78, 5) is 0. The van der Waals surface area contributed by atoms with E-state index >= 15 is 0 Å². The highest BCUT2D eigenvalue weighted by atomic mass is 15.8. The van der Waals surface area contributed by atoms with Crippen LogP contribution in [0, 0.1) is 5.53 Å². The molecule has 1 heterocycles. The van der Waals surface area contributed by atoms with Crippen molar-refractivity contribution in [2.45, 2.75) is 6.54 Å². The van der Waals surface area contributed by atoms with Gasteiger partial charge in [0.1, 0.15) is 0 Å². The number of hydrogen-bond donors (Lipinski definition) is 3. The summed E-state index contributed by atoms with van der Waals surface area (Å²) >= 11 is 0. The number of nitrogens with zero attached hydrogens (tertiary/aromatic N) is 2. The van der Waals surface area contributed by atoms with Crippen LogP contribution in [-0.4, -0.2) is 5.12 Å². The van der Waals surface area contributed by atoms with E-state index in [0.717, 1.165) is 11.3 Å². The van der Waals surface area contributed by atoms with E-state index in [1.54, 1.807) is 0 Å². The van der Waals surface area contributed by atoms with Crippen LogP contribution in [0.25, 0.3) is 0 Å². The van der Waals surface area contributed by atoms with Crippen LogP contribution in [-0.2, 0) is 6.54 Å². The first-order valence-corrected chi connectivity index (χ1v) is 3.64. The van der Waals surface area contributed by atoms with Gasteiger partial charge < -0.3 is 5.43 Å². The van der Waals surface area contributed by atoms with Crippen LogP contribution in [0.5, 0.6) is 0 Å². The van der Waals surface area contributed by atoms with Gasteiger partial charge in [-0.1, -0.05) is 23.4 Å². The monoisotopic (exact) mass is 163 g/mol. The zero-order valence-electron chi connectivity index (χ0n) is 6.41. The van der Waals surface area contributed by atoms with Crippen LogP contribution in [0.15, 0.2) is 29.5 Å². The topological polar surface area (TPSA) is 63.5 Å². The third-order valence-electron chi connectivity index (χ3n) is 1.78. The Hall–Kier alpha value is -1.62. The Morgan fingerprint density at radius 1 is 1.42 bits per heavy atom. The van der Waals surface area contributed by atoms with E-state index in [4.69, 9.17) is 5.53 Å². The number of hydrogen-bond acceptors (Lipinski definition) is 4. The summed E-state index contributed by atoms with van der Waals surface area (Å²) in [6.45, 7) is 0.618. The fourth-order valence-corrected chi connectivity index (χ4v) is 1.17. The van der Waals surface area contributed by atoms with Crippen molar-refractivity contribution >= 4 is 5.69 Å². The molecule has 1 aromatic rings. The van der Waals surface area contributed by atoms with Crippen molar-refractivity contribution in [1.82, 2.24) is 10.7 Å². The maximum Gasteiger partial charge on any atom is 0.0839 e. The zero-order chi connectivity index (χ0) is 8.39. The van der Waals surface area contributed by atoms with Gasteiger partial charge >= 0.3 is 0 Å². The molecule has 0 atom stereocenters. The Labute approximate surface area is 69.8 Å². The first-order chi connectivity index (χ1) is 5.90. The molecule has 0 bridgehead atoms. The maximum absolute atomic E-state index is 6.79. The van der Waals surface area contributed by atoms with Crippen LogP contribution in [0.3, 0.4) is 0 Å². The average Bonchev–Trinajstić information content (AvgIpc) is 2.17. The summed E-state index contributed by atoms with van der Waals surface area (Å²) < 4.78 is 0. The Balaban J connectivity index is 2.28. The van der Waals surface area contributed by atoms with Crippen molar-refractivity contribution in [3.05, 3.63) is 29.8 Å². The smallest absolute Gasteiger partial charge is 0.0839 e.